The van der Waals surface area contributed by atoms with Crippen LogP contribution in [-0.2, 0) is 7.05 Å². The quantitative estimate of drug-likeness (QED) is 0.771. The summed E-state index contributed by atoms with van der Waals surface area (Å²) in [5, 5.41) is 9.20. The van der Waals surface area contributed by atoms with Crippen LogP contribution in [0.5, 0.6) is 0 Å². The first-order chi connectivity index (χ1) is 8.61. The molecule has 0 spiro atoms. The van der Waals surface area contributed by atoms with Gasteiger partial charge in [-0.3, -0.25) is 4.79 Å². The molecule has 0 aliphatic carbocycles. The highest BCUT2D eigenvalue weighted by Crippen LogP contribution is 2.20. The fourth-order valence-electron chi connectivity index (χ4n) is 1.82. The lowest BCUT2D eigenvalue weighted by atomic mass is 9.93. The standard InChI is InChI=1S/C14H13N3O/c1-10-4-3-5-11(6-10)12(7-15)14(18)13-8-17(2)9-16-13/h3-6,8-9,12H,1-2H3. The summed E-state index contributed by atoms with van der Waals surface area (Å²) in [5.74, 6) is -1.05. The molecule has 0 N–H and O–H groups in total. The van der Waals surface area contributed by atoms with E-state index in [2.05, 4.69) is 11.1 Å². The van der Waals surface area contributed by atoms with Crippen LogP contribution in [0.25, 0.3) is 0 Å². The van der Waals surface area contributed by atoms with Crippen LogP contribution in [0.2, 0.25) is 0 Å². The molecule has 4 nitrogen and oxygen atoms in total. The number of imidazole rings is 1. The highest BCUT2D eigenvalue weighted by atomic mass is 16.1. The molecule has 1 aromatic heterocycles. The maximum absolute atomic E-state index is 12.2. The van der Waals surface area contributed by atoms with Gasteiger partial charge in [-0.15, -0.1) is 0 Å². The summed E-state index contributed by atoms with van der Waals surface area (Å²) < 4.78 is 1.69. The van der Waals surface area contributed by atoms with Crippen LogP contribution in [0, 0.1) is 18.3 Å². The van der Waals surface area contributed by atoms with Crippen LogP contribution >= 0.6 is 0 Å². The van der Waals surface area contributed by atoms with Gasteiger partial charge in [-0.1, -0.05) is 29.8 Å². The number of hydrogen-bond donors (Lipinski definition) is 0. The van der Waals surface area contributed by atoms with Crippen molar-refractivity contribution >= 4 is 5.78 Å². The Hall–Kier alpha value is -2.41. The van der Waals surface area contributed by atoms with E-state index in [4.69, 9.17) is 0 Å². The third-order valence-corrected chi connectivity index (χ3v) is 2.72. The van der Waals surface area contributed by atoms with E-state index >= 15 is 0 Å². The van der Waals surface area contributed by atoms with E-state index in [0.717, 1.165) is 5.56 Å². The van der Waals surface area contributed by atoms with Gasteiger partial charge in [0.25, 0.3) is 0 Å². The number of carbonyl (C=O) groups excluding carboxylic acids is 1. The van der Waals surface area contributed by atoms with Gasteiger partial charge in [0.2, 0.25) is 5.78 Å². The minimum absolute atomic E-state index is 0.260. The van der Waals surface area contributed by atoms with E-state index in [9.17, 15) is 10.1 Å². The van der Waals surface area contributed by atoms with Crippen LogP contribution in [0.15, 0.2) is 36.8 Å². The lowest BCUT2D eigenvalue weighted by molar-refractivity contribution is 0.0974. The molecule has 90 valence electrons. The van der Waals surface area contributed by atoms with Gasteiger partial charge >= 0.3 is 0 Å². The number of Topliss-reactive ketones (excluding diaryl/α,β-unsaturated/α-hetero) is 1. The SMILES string of the molecule is Cc1cccc(C(C#N)C(=O)c2cn(C)cn2)c1. The highest BCUT2D eigenvalue weighted by molar-refractivity contribution is 6.01. The van der Waals surface area contributed by atoms with Crippen molar-refractivity contribution in [1.29, 1.82) is 5.26 Å². The first-order valence-corrected chi connectivity index (χ1v) is 5.60. The number of rotatable bonds is 3. The van der Waals surface area contributed by atoms with Crippen molar-refractivity contribution in [3.63, 3.8) is 0 Å². The molecule has 0 aliphatic heterocycles. The zero-order valence-electron chi connectivity index (χ0n) is 10.3. The highest BCUT2D eigenvalue weighted by Gasteiger charge is 2.23. The third-order valence-electron chi connectivity index (χ3n) is 2.72. The number of aromatic nitrogens is 2. The largest absolute Gasteiger partial charge is 0.340 e. The van der Waals surface area contributed by atoms with Crippen LogP contribution in [0.1, 0.15) is 27.5 Å². The molecule has 0 radical (unpaired) electrons. The molecular weight excluding hydrogens is 226 g/mol. The van der Waals surface area contributed by atoms with Crippen molar-refractivity contribution in [2.45, 2.75) is 12.8 Å². The Balaban J connectivity index is 2.35. The van der Waals surface area contributed by atoms with Crippen LogP contribution in [0.4, 0.5) is 0 Å². The molecule has 0 aliphatic rings. The van der Waals surface area contributed by atoms with Gasteiger partial charge in [-0.25, -0.2) is 4.98 Å². The lowest BCUT2D eigenvalue weighted by Gasteiger charge is -2.07. The fraction of sp³-hybridized carbons (Fsp3) is 0.214. The predicted octanol–water partition coefficient (Wildman–Crippen LogP) is 2.22. The van der Waals surface area contributed by atoms with E-state index in [-0.39, 0.29) is 5.78 Å². The summed E-state index contributed by atoms with van der Waals surface area (Å²) in [5.41, 5.74) is 2.07. The molecule has 2 rings (SSSR count). The number of nitriles is 1. The topological polar surface area (TPSA) is 58.7 Å². The molecule has 1 unspecified atom stereocenters. The summed E-state index contributed by atoms with van der Waals surface area (Å²) >= 11 is 0. The number of benzene rings is 1. The van der Waals surface area contributed by atoms with Crippen molar-refractivity contribution in [3.05, 3.63) is 53.6 Å². The van der Waals surface area contributed by atoms with E-state index in [1.165, 1.54) is 0 Å². The molecule has 1 heterocycles. The van der Waals surface area contributed by atoms with Crippen LogP contribution in [0.3, 0.4) is 0 Å². The molecule has 0 bridgehead atoms. The van der Waals surface area contributed by atoms with Crippen molar-refractivity contribution in [3.8, 4) is 6.07 Å². The normalized spacial score (nSPS) is 11.8. The third kappa shape index (κ3) is 2.30. The Morgan fingerprint density at radius 2 is 2.28 bits per heavy atom. The second-order valence-corrected chi connectivity index (χ2v) is 4.26. The number of carbonyl (C=O) groups is 1. The minimum Gasteiger partial charge on any atom is -0.340 e. The van der Waals surface area contributed by atoms with Gasteiger partial charge in [0, 0.05) is 13.2 Å². The molecule has 18 heavy (non-hydrogen) atoms. The monoisotopic (exact) mass is 239 g/mol. The van der Waals surface area contributed by atoms with Crippen LogP contribution < -0.4 is 0 Å². The Bertz CT molecular complexity index is 622. The first kappa shape index (κ1) is 12.1. The number of aryl methyl sites for hydroxylation is 2. The van der Waals surface area contributed by atoms with Gasteiger partial charge < -0.3 is 4.57 Å². The zero-order chi connectivity index (χ0) is 13.1. The van der Waals surface area contributed by atoms with Gasteiger partial charge in [0.05, 0.1) is 12.4 Å². The van der Waals surface area contributed by atoms with E-state index in [1.807, 2.05) is 25.1 Å². The van der Waals surface area contributed by atoms with E-state index < -0.39 is 5.92 Å². The fourth-order valence-corrected chi connectivity index (χ4v) is 1.82. The minimum atomic E-state index is -0.792. The average molecular weight is 239 g/mol. The molecule has 0 saturated heterocycles. The Labute approximate surface area is 106 Å². The maximum atomic E-state index is 12.2. The number of hydrogen-bond acceptors (Lipinski definition) is 3. The van der Waals surface area contributed by atoms with E-state index in [1.54, 1.807) is 30.2 Å². The molecule has 4 heteroatoms. The summed E-state index contributed by atoms with van der Waals surface area (Å²) in [7, 11) is 1.79. The summed E-state index contributed by atoms with van der Waals surface area (Å²) in [6.07, 6.45) is 3.18. The second kappa shape index (κ2) is 4.84. The first-order valence-electron chi connectivity index (χ1n) is 5.60. The molecule has 0 fully saturated rings. The van der Waals surface area contributed by atoms with Gasteiger partial charge in [0.15, 0.2) is 0 Å². The zero-order valence-corrected chi connectivity index (χ0v) is 10.3. The Kier molecular flexibility index (Phi) is 3.24. The van der Waals surface area contributed by atoms with Crippen LogP contribution in [-0.4, -0.2) is 15.3 Å². The van der Waals surface area contributed by atoms with Crippen molar-refractivity contribution in [1.82, 2.24) is 9.55 Å². The van der Waals surface area contributed by atoms with Crippen molar-refractivity contribution in [2.75, 3.05) is 0 Å². The number of ketones is 1. The average Bonchev–Trinajstić information content (AvgIpc) is 2.77. The van der Waals surface area contributed by atoms with Gasteiger partial charge in [0.1, 0.15) is 11.6 Å². The maximum Gasteiger partial charge on any atom is 0.204 e. The second-order valence-electron chi connectivity index (χ2n) is 4.26. The molecule has 1 aromatic carbocycles. The van der Waals surface area contributed by atoms with Gasteiger partial charge in [-0.05, 0) is 12.5 Å². The van der Waals surface area contributed by atoms with Crippen molar-refractivity contribution in [2.24, 2.45) is 7.05 Å². The molecule has 1 atom stereocenters. The van der Waals surface area contributed by atoms with Crippen molar-refractivity contribution < 1.29 is 4.79 Å². The Morgan fingerprint density at radius 1 is 1.50 bits per heavy atom. The molecule has 0 saturated carbocycles. The molecule has 2 aromatic rings. The molecular formula is C14H13N3O. The molecule has 0 amide bonds. The van der Waals surface area contributed by atoms with E-state index in [0.29, 0.717) is 11.3 Å². The van der Waals surface area contributed by atoms with Gasteiger partial charge in [-0.2, -0.15) is 5.26 Å². The summed E-state index contributed by atoms with van der Waals surface area (Å²) in [6.45, 7) is 1.93. The summed E-state index contributed by atoms with van der Waals surface area (Å²) in [4.78, 5) is 16.2. The number of nitrogens with zero attached hydrogens (tertiary/aromatic N) is 3. The lowest BCUT2D eigenvalue weighted by Crippen LogP contribution is -2.11. The predicted molar refractivity (Wildman–Crippen MR) is 67.1 cm³/mol. The smallest absolute Gasteiger partial charge is 0.204 e. The summed E-state index contributed by atoms with van der Waals surface area (Å²) in [6, 6.07) is 9.49. The Morgan fingerprint density at radius 3 is 2.83 bits per heavy atom.